The molecule has 0 bridgehead atoms. The van der Waals surface area contributed by atoms with Crippen molar-refractivity contribution in [3.63, 3.8) is 0 Å². The highest BCUT2D eigenvalue weighted by molar-refractivity contribution is 5.69. The van der Waals surface area contributed by atoms with Gasteiger partial charge in [0, 0.05) is 19.0 Å². The van der Waals surface area contributed by atoms with Crippen molar-refractivity contribution in [1.82, 2.24) is 4.90 Å². The number of hydrogen-bond donors (Lipinski definition) is 1. The number of ether oxygens (including phenoxy) is 1. The van der Waals surface area contributed by atoms with Crippen LogP contribution >= 0.6 is 0 Å². The number of β-amino-alcohol motifs (C(OH)–C–C–N with tert-alkyl or cyclic N) is 1. The van der Waals surface area contributed by atoms with E-state index in [1.807, 2.05) is 6.07 Å². The summed E-state index contributed by atoms with van der Waals surface area (Å²) < 4.78 is 17.9. The Morgan fingerprint density at radius 1 is 1.55 bits per heavy atom. The minimum Gasteiger partial charge on any atom is -0.469 e. The summed E-state index contributed by atoms with van der Waals surface area (Å²) in [5, 5.41) is 9.83. The van der Waals surface area contributed by atoms with Crippen LogP contribution in [0.5, 0.6) is 0 Å². The zero-order valence-electron chi connectivity index (χ0n) is 11.6. The van der Waals surface area contributed by atoms with E-state index in [4.69, 9.17) is 0 Å². The quantitative estimate of drug-likeness (QED) is 0.837. The van der Waals surface area contributed by atoms with Crippen LogP contribution < -0.4 is 0 Å². The van der Waals surface area contributed by atoms with Gasteiger partial charge < -0.3 is 9.84 Å². The highest BCUT2D eigenvalue weighted by atomic mass is 19.1. The zero-order chi connectivity index (χ0) is 14.5. The first-order valence-corrected chi connectivity index (χ1v) is 6.84. The van der Waals surface area contributed by atoms with Gasteiger partial charge in [-0.05, 0) is 37.1 Å². The largest absolute Gasteiger partial charge is 0.469 e. The number of rotatable bonds is 5. The zero-order valence-corrected chi connectivity index (χ0v) is 11.6. The molecule has 1 aliphatic rings. The summed E-state index contributed by atoms with van der Waals surface area (Å²) in [5.74, 6) is -0.495. The predicted molar refractivity (Wildman–Crippen MR) is 72.6 cm³/mol. The van der Waals surface area contributed by atoms with Crippen LogP contribution in [0.2, 0.25) is 0 Å². The summed E-state index contributed by atoms with van der Waals surface area (Å²) in [4.78, 5) is 13.2. The molecular formula is C15H20FNO3. The molecule has 5 heteroatoms. The van der Waals surface area contributed by atoms with Gasteiger partial charge in [0.2, 0.25) is 0 Å². The number of hydrogen-bond acceptors (Lipinski definition) is 4. The average Bonchev–Trinajstić information content (AvgIpc) is 2.79. The highest BCUT2D eigenvalue weighted by Crippen LogP contribution is 2.32. The minimum absolute atomic E-state index is 0.0124. The van der Waals surface area contributed by atoms with Crippen molar-refractivity contribution >= 4 is 5.97 Å². The van der Waals surface area contributed by atoms with E-state index in [9.17, 15) is 14.3 Å². The Kier molecular flexibility index (Phi) is 5.09. The van der Waals surface area contributed by atoms with Gasteiger partial charge in [0.25, 0.3) is 0 Å². The molecule has 1 aromatic carbocycles. The first kappa shape index (κ1) is 14.9. The molecule has 2 rings (SSSR count). The number of aliphatic hydroxyl groups excluding tert-OH is 1. The Morgan fingerprint density at radius 3 is 3.05 bits per heavy atom. The molecule has 1 heterocycles. The number of esters is 1. The molecule has 1 N–H and O–H groups in total. The molecule has 0 amide bonds. The van der Waals surface area contributed by atoms with Crippen molar-refractivity contribution in [2.45, 2.75) is 31.4 Å². The van der Waals surface area contributed by atoms with E-state index in [1.165, 1.54) is 19.2 Å². The maximum atomic E-state index is 13.3. The van der Waals surface area contributed by atoms with Crippen LogP contribution in [0, 0.1) is 5.82 Å². The molecule has 0 aromatic heterocycles. The molecule has 1 saturated heterocycles. The molecule has 0 saturated carbocycles. The van der Waals surface area contributed by atoms with Gasteiger partial charge in [-0.3, -0.25) is 9.69 Å². The Hall–Kier alpha value is -1.46. The first-order valence-electron chi connectivity index (χ1n) is 6.84. The molecule has 0 spiro atoms. The maximum absolute atomic E-state index is 13.3. The van der Waals surface area contributed by atoms with Crippen LogP contribution in [0.4, 0.5) is 4.39 Å². The molecule has 0 aliphatic carbocycles. The van der Waals surface area contributed by atoms with Crippen LogP contribution in [-0.4, -0.2) is 42.3 Å². The lowest BCUT2D eigenvalue weighted by atomic mass is 10.0. The van der Waals surface area contributed by atoms with Crippen LogP contribution in [0.1, 0.15) is 30.9 Å². The predicted octanol–water partition coefficient (Wildman–Crippen LogP) is 1.89. The van der Waals surface area contributed by atoms with Crippen LogP contribution in [0.3, 0.4) is 0 Å². The molecule has 2 atom stereocenters. The summed E-state index contributed by atoms with van der Waals surface area (Å²) in [6, 6.07) is 6.49. The van der Waals surface area contributed by atoms with Crippen molar-refractivity contribution in [3.05, 3.63) is 35.6 Å². The second kappa shape index (κ2) is 6.81. The molecule has 20 heavy (non-hydrogen) atoms. The smallest absolute Gasteiger partial charge is 0.305 e. The molecule has 1 aliphatic heterocycles. The first-order chi connectivity index (χ1) is 9.60. The molecular weight excluding hydrogens is 261 g/mol. The second-order valence-electron chi connectivity index (χ2n) is 5.13. The number of carbonyl (C=O) groups is 1. The van der Waals surface area contributed by atoms with Gasteiger partial charge >= 0.3 is 5.97 Å². The summed E-state index contributed by atoms with van der Waals surface area (Å²) in [6.45, 7) is 1.25. The number of nitrogens with zero attached hydrogens (tertiary/aromatic N) is 1. The van der Waals surface area contributed by atoms with Crippen molar-refractivity contribution in [1.29, 1.82) is 0 Å². The van der Waals surface area contributed by atoms with E-state index in [0.717, 1.165) is 5.56 Å². The summed E-state index contributed by atoms with van der Waals surface area (Å²) in [6.07, 6.45) is 1.23. The summed E-state index contributed by atoms with van der Waals surface area (Å²) in [5.41, 5.74) is 0.875. The number of aliphatic hydroxyl groups is 1. The highest BCUT2D eigenvalue weighted by Gasteiger charge is 2.31. The van der Waals surface area contributed by atoms with Crippen molar-refractivity contribution < 1.29 is 19.0 Å². The maximum Gasteiger partial charge on any atom is 0.305 e. The molecule has 1 aromatic rings. The van der Waals surface area contributed by atoms with E-state index in [2.05, 4.69) is 9.64 Å². The fraction of sp³-hybridized carbons (Fsp3) is 0.533. The molecule has 110 valence electrons. The molecule has 4 nitrogen and oxygen atoms in total. The normalized spacial score (nSPS) is 22.9. The van der Waals surface area contributed by atoms with Gasteiger partial charge in [0.15, 0.2) is 0 Å². The van der Waals surface area contributed by atoms with Gasteiger partial charge in [-0.2, -0.15) is 0 Å². The van der Waals surface area contributed by atoms with Crippen molar-refractivity contribution in [2.75, 3.05) is 20.2 Å². The Bertz CT molecular complexity index is 466. The summed E-state index contributed by atoms with van der Waals surface area (Å²) in [7, 11) is 1.37. The SMILES string of the molecule is COC(=O)CCCN1C[C@H](O)C[C@H]1c1cccc(F)c1. The third-order valence-electron chi connectivity index (χ3n) is 3.67. The minimum atomic E-state index is -0.401. The van der Waals surface area contributed by atoms with E-state index >= 15 is 0 Å². The Morgan fingerprint density at radius 2 is 2.35 bits per heavy atom. The van der Waals surface area contributed by atoms with E-state index in [-0.39, 0.29) is 17.8 Å². The van der Waals surface area contributed by atoms with Crippen LogP contribution in [0.25, 0.3) is 0 Å². The monoisotopic (exact) mass is 281 g/mol. The van der Waals surface area contributed by atoms with Crippen LogP contribution in [0.15, 0.2) is 24.3 Å². The number of halogens is 1. The third-order valence-corrected chi connectivity index (χ3v) is 3.67. The van der Waals surface area contributed by atoms with Gasteiger partial charge in [-0.15, -0.1) is 0 Å². The standard InChI is InChI=1S/C15H20FNO3/c1-20-15(19)6-3-7-17-10-13(18)9-14(17)11-4-2-5-12(16)8-11/h2,4-5,8,13-14,18H,3,6-7,9-10H2,1H3/t13-,14+/m1/s1. The second-order valence-corrected chi connectivity index (χ2v) is 5.13. The van der Waals surface area contributed by atoms with Crippen molar-refractivity contribution in [3.8, 4) is 0 Å². The van der Waals surface area contributed by atoms with Gasteiger partial charge in [-0.25, -0.2) is 4.39 Å². The third kappa shape index (κ3) is 3.77. The Balaban J connectivity index is 1.98. The summed E-state index contributed by atoms with van der Waals surface area (Å²) >= 11 is 0. The molecule has 0 radical (unpaired) electrons. The number of likely N-dealkylation sites (tertiary alicyclic amines) is 1. The van der Waals surface area contributed by atoms with Crippen molar-refractivity contribution in [2.24, 2.45) is 0 Å². The number of carbonyl (C=O) groups excluding carboxylic acids is 1. The molecule has 0 unspecified atom stereocenters. The van der Waals surface area contributed by atoms with E-state index in [0.29, 0.717) is 32.4 Å². The average molecular weight is 281 g/mol. The number of benzene rings is 1. The lowest BCUT2D eigenvalue weighted by molar-refractivity contribution is -0.140. The number of methoxy groups -OCH3 is 1. The topological polar surface area (TPSA) is 49.8 Å². The fourth-order valence-corrected chi connectivity index (χ4v) is 2.72. The van der Waals surface area contributed by atoms with Crippen LogP contribution in [-0.2, 0) is 9.53 Å². The Labute approximate surface area is 118 Å². The van der Waals surface area contributed by atoms with Gasteiger partial charge in [0.05, 0.1) is 13.2 Å². The lowest BCUT2D eigenvalue weighted by Gasteiger charge is -2.24. The van der Waals surface area contributed by atoms with E-state index in [1.54, 1.807) is 6.07 Å². The fourth-order valence-electron chi connectivity index (χ4n) is 2.72. The van der Waals surface area contributed by atoms with Gasteiger partial charge in [0.1, 0.15) is 5.82 Å². The van der Waals surface area contributed by atoms with Gasteiger partial charge in [-0.1, -0.05) is 12.1 Å². The lowest BCUT2D eigenvalue weighted by Crippen LogP contribution is -2.26. The van der Waals surface area contributed by atoms with E-state index < -0.39 is 6.10 Å². The molecule has 1 fully saturated rings.